The van der Waals surface area contributed by atoms with Gasteiger partial charge in [-0.15, -0.1) is 0 Å². The van der Waals surface area contributed by atoms with Gasteiger partial charge < -0.3 is 16.2 Å². The lowest BCUT2D eigenvalue weighted by molar-refractivity contribution is 0.0896. The Morgan fingerprint density at radius 1 is 1.20 bits per heavy atom. The van der Waals surface area contributed by atoms with E-state index in [4.69, 9.17) is 27.8 Å². The SMILES string of the molecule is CC1CC(COc2cccc3nc(N)nc(N)c23)CCN1Cc1c(F)cccc1Cl. The van der Waals surface area contributed by atoms with E-state index in [1.807, 2.05) is 18.2 Å². The topological polar surface area (TPSA) is 90.3 Å². The van der Waals surface area contributed by atoms with Crippen LogP contribution in [0, 0.1) is 11.7 Å². The molecule has 6 nitrogen and oxygen atoms in total. The van der Waals surface area contributed by atoms with Crippen molar-refractivity contribution < 1.29 is 9.13 Å². The highest BCUT2D eigenvalue weighted by Crippen LogP contribution is 2.32. The number of likely N-dealkylation sites (tertiary alicyclic amines) is 1. The van der Waals surface area contributed by atoms with Crippen molar-refractivity contribution in [3.8, 4) is 5.75 Å². The molecule has 4 rings (SSSR count). The smallest absolute Gasteiger partial charge is 0.222 e. The molecule has 0 radical (unpaired) electrons. The molecule has 30 heavy (non-hydrogen) atoms. The Morgan fingerprint density at radius 2 is 2.00 bits per heavy atom. The highest BCUT2D eigenvalue weighted by atomic mass is 35.5. The number of nitrogens with zero attached hydrogens (tertiary/aromatic N) is 3. The van der Waals surface area contributed by atoms with E-state index in [2.05, 4.69) is 21.8 Å². The molecule has 2 atom stereocenters. The van der Waals surface area contributed by atoms with E-state index in [0.717, 1.165) is 19.4 Å². The van der Waals surface area contributed by atoms with Crippen LogP contribution in [0.25, 0.3) is 10.9 Å². The Morgan fingerprint density at radius 3 is 2.77 bits per heavy atom. The van der Waals surface area contributed by atoms with E-state index in [-0.39, 0.29) is 11.8 Å². The molecule has 0 spiro atoms. The van der Waals surface area contributed by atoms with Crippen LogP contribution in [0.1, 0.15) is 25.3 Å². The van der Waals surface area contributed by atoms with Crippen LogP contribution in [0.3, 0.4) is 0 Å². The van der Waals surface area contributed by atoms with Gasteiger partial charge in [0.1, 0.15) is 17.4 Å². The Balaban J connectivity index is 1.40. The Hall–Kier alpha value is -2.64. The van der Waals surface area contributed by atoms with E-state index < -0.39 is 0 Å². The third-order valence-corrected chi connectivity index (χ3v) is 6.10. The van der Waals surface area contributed by atoms with Gasteiger partial charge in [0, 0.05) is 23.2 Å². The van der Waals surface area contributed by atoms with E-state index in [9.17, 15) is 4.39 Å². The molecule has 4 N–H and O–H groups in total. The molecule has 158 valence electrons. The zero-order valence-corrected chi connectivity index (χ0v) is 17.6. The zero-order valence-electron chi connectivity index (χ0n) is 16.8. The minimum Gasteiger partial charge on any atom is -0.492 e. The van der Waals surface area contributed by atoms with Crippen molar-refractivity contribution >= 4 is 34.3 Å². The summed E-state index contributed by atoms with van der Waals surface area (Å²) < 4.78 is 20.3. The molecule has 1 saturated heterocycles. The molecule has 3 aromatic rings. The number of aromatic nitrogens is 2. The largest absolute Gasteiger partial charge is 0.492 e. The second-order valence-corrected chi connectivity index (χ2v) is 8.25. The lowest BCUT2D eigenvalue weighted by Gasteiger charge is -2.37. The number of rotatable bonds is 5. The molecule has 8 heteroatoms. The third kappa shape index (κ3) is 4.27. The first kappa shape index (κ1) is 20.6. The van der Waals surface area contributed by atoms with E-state index in [0.29, 0.717) is 58.2 Å². The van der Waals surface area contributed by atoms with Crippen molar-refractivity contribution in [1.29, 1.82) is 0 Å². The molecule has 2 aromatic carbocycles. The number of halogens is 2. The number of nitrogen functional groups attached to an aromatic ring is 2. The lowest BCUT2D eigenvalue weighted by atomic mass is 9.92. The zero-order chi connectivity index (χ0) is 21.3. The van der Waals surface area contributed by atoms with Gasteiger partial charge >= 0.3 is 0 Å². The number of benzene rings is 2. The monoisotopic (exact) mass is 429 g/mol. The van der Waals surface area contributed by atoms with E-state index in [1.54, 1.807) is 12.1 Å². The van der Waals surface area contributed by atoms with Crippen molar-refractivity contribution in [3.05, 3.63) is 52.8 Å². The fraction of sp³-hybridized carbons (Fsp3) is 0.364. The van der Waals surface area contributed by atoms with Crippen molar-refractivity contribution in [2.45, 2.75) is 32.4 Å². The quantitative estimate of drug-likeness (QED) is 0.629. The first-order valence-electron chi connectivity index (χ1n) is 10.0. The maximum Gasteiger partial charge on any atom is 0.222 e. The Labute approximate surface area is 180 Å². The number of nitrogens with two attached hydrogens (primary N) is 2. The second-order valence-electron chi connectivity index (χ2n) is 7.84. The number of hydrogen-bond acceptors (Lipinski definition) is 6. The van der Waals surface area contributed by atoms with Crippen molar-refractivity contribution in [2.24, 2.45) is 5.92 Å². The van der Waals surface area contributed by atoms with Crippen molar-refractivity contribution in [3.63, 3.8) is 0 Å². The van der Waals surface area contributed by atoms with Crippen LogP contribution in [0.2, 0.25) is 5.02 Å². The van der Waals surface area contributed by atoms with Gasteiger partial charge in [-0.2, -0.15) is 4.98 Å². The van der Waals surface area contributed by atoms with Crippen LogP contribution < -0.4 is 16.2 Å². The minimum absolute atomic E-state index is 0.147. The number of piperidine rings is 1. The molecule has 1 aliphatic heterocycles. The second kappa shape index (κ2) is 8.62. The summed E-state index contributed by atoms with van der Waals surface area (Å²) >= 11 is 6.20. The summed E-state index contributed by atoms with van der Waals surface area (Å²) in [6, 6.07) is 10.7. The summed E-state index contributed by atoms with van der Waals surface area (Å²) in [4.78, 5) is 10.5. The summed E-state index contributed by atoms with van der Waals surface area (Å²) in [5, 5.41) is 1.16. The van der Waals surface area contributed by atoms with Gasteiger partial charge in [-0.1, -0.05) is 23.7 Å². The summed E-state index contributed by atoms with van der Waals surface area (Å²) in [5.74, 6) is 1.26. The molecule has 1 fully saturated rings. The van der Waals surface area contributed by atoms with Crippen LogP contribution in [0.4, 0.5) is 16.2 Å². The van der Waals surface area contributed by atoms with Crippen LogP contribution in [-0.2, 0) is 6.54 Å². The summed E-state index contributed by atoms with van der Waals surface area (Å²) in [5.41, 5.74) is 13.0. The van der Waals surface area contributed by atoms with Crippen LogP contribution in [0.5, 0.6) is 5.75 Å². The molecule has 1 aliphatic rings. The average molecular weight is 430 g/mol. The molecule has 0 saturated carbocycles. The molecule has 1 aromatic heterocycles. The van der Waals surface area contributed by atoms with Gasteiger partial charge in [0.05, 0.1) is 17.5 Å². The maximum absolute atomic E-state index is 14.1. The average Bonchev–Trinajstić information content (AvgIpc) is 2.70. The Kier molecular flexibility index (Phi) is 5.92. The standard InChI is InChI=1S/C22H25ClFN5O/c1-13-10-14(8-9-29(13)11-15-16(23)4-2-5-17(15)24)12-30-19-7-3-6-18-20(19)21(25)28-22(26)27-18/h2-7,13-14H,8-12H2,1H3,(H4,25,26,27,28). The van der Waals surface area contributed by atoms with Crippen LogP contribution in [0.15, 0.2) is 36.4 Å². The molecule has 2 unspecified atom stereocenters. The van der Waals surface area contributed by atoms with Crippen molar-refractivity contribution in [1.82, 2.24) is 14.9 Å². The number of fused-ring (bicyclic) bond motifs is 1. The van der Waals surface area contributed by atoms with Gasteiger partial charge in [0.15, 0.2) is 0 Å². The molecular weight excluding hydrogens is 405 g/mol. The van der Waals surface area contributed by atoms with Crippen molar-refractivity contribution in [2.75, 3.05) is 24.6 Å². The normalized spacial score (nSPS) is 19.8. The third-order valence-electron chi connectivity index (χ3n) is 5.75. The fourth-order valence-corrected chi connectivity index (χ4v) is 4.34. The first-order chi connectivity index (χ1) is 14.4. The van der Waals surface area contributed by atoms with E-state index in [1.165, 1.54) is 6.07 Å². The summed E-state index contributed by atoms with van der Waals surface area (Å²) in [6.07, 6.45) is 1.91. The van der Waals surface area contributed by atoms with Crippen LogP contribution >= 0.6 is 11.6 Å². The van der Waals surface area contributed by atoms with Gasteiger partial charge in [0.25, 0.3) is 0 Å². The summed E-state index contributed by atoms with van der Waals surface area (Å²) in [6.45, 7) is 4.10. The molecule has 0 bridgehead atoms. The van der Waals surface area contributed by atoms with Gasteiger partial charge in [-0.3, -0.25) is 4.90 Å². The highest BCUT2D eigenvalue weighted by Gasteiger charge is 2.27. The first-order valence-corrected chi connectivity index (χ1v) is 10.4. The van der Waals surface area contributed by atoms with Gasteiger partial charge in [-0.25, -0.2) is 9.37 Å². The number of hydrogen-bond donors (Lipinski definition) is 2. The molecule has 2 heterocycles. The minimum atomic E-state index is -0.253. The van der Waals surface area contributed by atoms with Gasteiger partial charge in [-0.05, 0) is 56.5 Å². The number of anilines is 2. The maximum atomic E-state index is 14.1. The highest BCUT2D eigenvalue weighted by molar-refractivity contribution is 6.31. The molecule has 0 aliphatic carbocycles. The predicted molar refractivity (Wildman–Crippen MR) is 118 cm³/mol. The molecular formula is C22H25ClFN5O. The number of ether oxygens (including phenoxy) is 1. The fourth-order valence-electron chi connectivity index (χ4n) is 4.12. The van der Waals surface area contributed by atoms with Crippen LogP contribution in [-0.4, -0.2) is 34.1 Å². The summed E-state index contributed by atoms with van der Waals surface area (Å²) in [7, 11) is 0. The lowest BCUT2D eigenvalue weighted by Crippen LogP contribution is -2.41. The van der Waals surface area contributed by atoms with Gasteiger partial charge in [0.2, 0.25) is 5.95 Å². The van der Waals surface area contributed by atoms with E-state index >= 15 is 0 Å². The molecule has 0 amide bonds. The Bertz CT molecular complexity index is 1040. The predicted octanol–water partition coefficient (Wildman–Crippen LogP) is 4.27.